The average Bonchev–Trinajstić information content (AvgIpc) is 2.85. The number of aromatic nitrogens is 1. The van der Waals surface area contributed by atoms with Gasteiger partial charge in [0.2, 0.25) is 5.79 Å². The zero-order valence-corrected chi connectivity index (χ0v) is 11.2. The smallest absolute Gasteiger partial charge is 0.203 e. The maximum Gasteiger partial charge on any atom is 0.203 e. The van der Waals surface area contributed by atoms with Crippen molar-refractivity contribution in [1.82, 2.24) is 4.98 Å². The van der Waals surface area contributed by atoms with Crippen LogP contribution in [0.5, 0.6) is 0 Å². The number of hydrogen-bond acceptors (Lipinski definition) is 5. The number of ketones is 1. The van der Waals surface area contributed by atoms with Gasteiger partial charge in [-0.15, -0.1) is 11.3 Å². The Hall–Kier alpha value is -0.780. The first-order valence-electron chi connectivity index (χ1n) is 5.78. The maximum atomic E-state index is 11.9. The van der Waals surface area contributed by atoms with Crippen LogP contribution in [0.3, 0.4) is 0 Å². The summed E-state index contributed by atoms with van der Waals surface area (Å²) < 4.78 is 11.1. The average molecular weight is 255 g/mol. The molecule has 0 atom stereocenters. The third-order valence-corrected chi connectivity index (χ3v) is 3.85. The highest BCUT2D eigenvalue weighted by Crippen LogP contribution is 2.34. The molecule has 0 N–H and O–H groups in total. The van der Waals surface area contributed by atoms with Crippen LogP contribution in [0.15, 0.2) is 6.20 Å². The third kappa shape index (κ3) is 2.73. The van der Waals surface area contributed by atoms with Crippen LogP contribution in [0.1, 0.15) is 41.9 Å². The monoisotopic (exact) mass is 255 g/mol. The summed E-state index contributed by atoms with van der Waals surface area (Å²) in [4.78, 5) is 16.9. The summed E-state index contributed by atoms with van der Waals surface area (Å²) in [6.45, 7) is 7.09. The fourth-order valence-electron chi connectivity index (χ4n) is 1.73. The lowest BCUT2D eigenvalue weighted by Crippen LogP contribution is -2.20. The van der Waals surface area contributed by atoms with Gasteiger partial charge in [0.15, 0.2) is 10.8 Å². The number of nitrogens with zero attached hydrogens (tertiary/aromatic N) is 1. The molecule has 1 aromatic rings. The highest BCUT2D eigenvalue weighted by molar-refractivity contribution is 7.13. The van der Waals surface area contributed by atoms with E-state index in [0.717, 1.165) is 4.88 Å². The van der Waals surface area contributed by atoms with E-state index in [2.05, 4.69) is 4.98 Å². The summed E-state index contributed by atoms with van der Waals surface area (Å²) in [6, 6.07) is 0. The predicted molar refractivity (Wildman–Crippen MR) is 65.2 cm³/mol. The van der Waals surface area contributed by atoms with Crippen molar-refractivity contribution in [2.45, 2.75) is 33.0 Å². The van der Waals surface area contributed by atoms with Gasteiger partial charge in [0.1, 0.15) is 0 Å². The van der Waals surface area contributed by atoms with E-state index in [0.29, 0.717) is 30.6 Å². The van der Waals surface area contributed by atoms with Crippen molar-refractivity contribution < 1.29 is 14.3 Å². The molecule has 1 aliphatic heterocycles. The number of rotatable bonds is 4. The summed E-state index contributed by atoms with van der Waals surface area (Å²) in [5.41, 5.74) is 0. The Kier molecular flexibility index (Phi) is 3.61. The van der Waals surface area contributed by atoms with Crippen molar-refractivity contribution >= 4 is 17.1 Å². The second kappa shape index (κ2) is 4.84. The molecule has 5 heteroatoms. The number of Topliss-reactive ketones (excluding diaryl/α,β-unsaturated/α-hetero) is 1. The van der Waals surface area contributed by atoms with Crippen molar-refractivity contribution in [2.24, 2.45) is 5.92 Å². The molecule has 0 amide bonds. The van der Waals surface area contributed by atoms with Crippen molar-refractivity contribution in [3.63, 3.8) is 0 Å². The molecule has 1 fully saturated rings. The molecule has 17 heavy (non-hydrogen) atoms. The molecular weight excluding hydrogens is 238 g/mol. The van der Waals surface area contributed by atoms with E-state index in [9.17, 15) is 4.79 Å². The number of thiazole rings is 1. The largest absolute Gasteiger partial charge is 0.343 e. The van der Waals surface area contributed by atoms with E-state index in [1.807, 2.05) is 20.8 Å². The lowest BCUT2D eigenvalue weighted by Gasteiger charge is -2.19. The summed E-state index contributed by atoms with van der Waals surface area (Å²) in [5, 5.41) is 0.550. The Morgan fingerprint density at radius 1 is 1.53 bits per heavy atom. The molecule has 0 aliphatic carbocycles. The van der Waals surface area contributed by atoms with Crippen LogP contribution in [0.25, 0.3) is 0 Å². The first-order chi connectivity index (χ1) is 8.01. The zero-order chi connectivity index (χ0) is 12.5. The maximum absolute atomic E-state index is 11.9. The van der Waals surface area contributed by atoms with Gasteiger partial charge in [0.25, 0.3) is 0 Å². The molecule has 2 heterocycles. The molecule has 0 bridgehead atoms. The van der Waals surface area contributed by atoms with E-state index >= 15 is 0 Å². The molecule has 0 spiro atoms. The number of hydrogen-bond donors (Lipinski definition) is 0. The van der Waals surface area contributed by atoms with Crippen LogP contribution < -0.4 is 0 Å². The predicted octanol–water partition coefficient (Wildman–Crippen LogP) is 2.59. The Morgan fingerprint density at radius 3 is 2.76 bits per heavy atom. The molecule has 0 aromatic carbocycles. The molecule has 1 aromatic heterocycles. The summed E-state index contributed by atoms with van der Waals surface area (Å²) in [6.07, 6.45) is 2.22. The zero-order valence-electron chi connectivity index (χ0n) is 10.4. The molecule has 94 valence electrons. The van der Waals surface area contributed by atoms with E-state index in [4.69, 9.17) is 9.47 Å². The van der Waals surface area contributed by atoms with E-state index in [1.165, 1.54) is 11.3 Å². The minimum absolute atomic E-state index is 0.0952. The van der Waals surface area contributed by atoms with Gasteiger partial charge >= 0.3 is 0 Å². The third-order valence-electron chi connectivity index (χ3n) is 2.62. The molecule has 0 radical (unpaired) electrons. The summed E-state index contributed by atoms with van der Waals surface area (Å²) in [5.74, 6) is -0.268. The van der Waals surface area contributed by atoms with Gasteiger partial charge in [-0.1, -0.05) is 13.8 Å². The molecule has 0 unspecified atom stereocenters. The van der Waals surface area contributed by atoms with E-state index in [1.54, 1.807) is 6.20 Å². The first kappa shape index (κ1) is 12.7. The Morgan fingerprint density at radius 2 is 2.18 bits per heavy atom. The summed E-state index contributed by atoms with van der Waals surface area (Å²) >= 11 is 1.37. The van der Waals surface area contributed by atoms with Crippen LogP contribution in [0, 0.1) is 5.92 Å². The van der Waals surface area contributed by atoms with Gasteiger partial charge in [-0.05, 0) is 12.8 Å². The minimum atomic E-state index is -0.714. The SMILES string of the molecule is CC(C)CC(=O)c1ncc(C2(C)OCCO2)s1. The van der Waals surface area contributed by atoms with Gasteiger partial charge < -0.3 is 9.47 Å². The van der Waals surface area contributed by atoms with Crippen LogP contribution in [-0.4, -0.2) is 24.0 Å². The minimum Gasteiger partial charge on any atom is -0.343 e. The second-order valence-electron chi connectivity index (χ2n) is 4.69. The number of ether oxygens (including phenoxy) is 2. The second-order valence-corrected chi connectivity index (χ2v) is 5.72. The van der Waals surface area contributed by atoms with Gasteiger partial charge in [-0.25, -0.2) is 4.98 Å². The van der Waals surface area contributed by atoms with E-state index in [-0.39, 0.29) is 5.78 Å². The normalized spacial score (nSPS) is 18.8. The molecule has 1 aliphatic rings. The van der Waals surface area contributed by atoms with Crippen LogP contribution in [0.2, 0.25) is 0 Å². The molecule has 0 saturated carbocycles. The lowest BCUT2D eigenvalue weighted by molar-refractivity contribution is -0.147. The Balaban J connectivity index is 2.13. The molecule has 4 nitrogen and oxygen atoms in total. The lowest BCUT2D eigenvalue weighted by atomic mass is 10.1. The van der Waals surface area contributed by atoms with Gasteiger partial charge in [0.05, 0.1) is 18.1 Å². The highest BCUT2D eigenvalue weighted by atomic mass is 32.1. The highest BCUT2D eigenvalue weighted by Gasteiger charge is 2.35. The fourth-order valence-corrected chi connectivity index (χ4v) is 2.65. The Labute approximate surface area is 105 Å². The van der Waals surface area contributed by atoms with Gasteiger partial charge in [-0.3, -0.25) is 4.79 Å². The van der Waals surface area contributed by atoms with Crippen LogP contribution >= 0.6 is 11.3 Å². The molecule has 2 rings (SSSR count). The van der Waals surface area contributed by atoms with Crippen molar-refractivity contribution in [1.29, 1.82) is 0 Å². The first-order valence-corrected chi connectivity index (χ1v) is 6.60. The topological polar surface area (TPSA) is 48.4 Å². The summed E-state index contributed by atoms with van der Waals surface area (Å²) in [7, 11) is 0. The van der Waals surface area contributed by atoms with Crippen molar-refractivity contribution in [3.05, 3.63) is 16.1 Å². The van der Waals surface area contributed by atoms with Crippen LogP contribution in [0.4, 0.5) is 0 Å². The van der Waals surface area contributed by atoms with Crippen molar-refractivity contribution in [2.75, 3.05) is 13.2 Å². The number of carbonyl (C=O) groups is 1. The number of carbonyl (C=O) groups excluding carboxylic acids is 1. The van der Waals surface area contributed by atoms with E-state index < -0.39 is 5.79 Å². The fraction of sp³-hybridized carbons (Fsp3) is 0.667. The van der Waals surface area contributed by atoms with Gasteiger partial charge in [0, 0.05) is 12.6 Å². The van der Waals surface area contributed by atoms with Crippen LogP contribution in [-0.2, 0) is 15.3 Å². The standard InChI is InChI=1S/C12H17NO3S/c1-8(2)6-9(14)11-13-7-10(17-11)12(3)15-4-5-16-12/h7-8H,4-6H2,1-3H3. The Bertz CT molecular complexity index is 408. The quantitative estimate of drug-likeness (QED) is 0.776. The molecular formula is C12H17NO3S. The van der Waals surface area contributed by atoms with Gasteiger partial charge in [-0.2, -0.15) is 0 Å². The molecule has 1 saturated heterocycles. The van der Waals surface area contributed by atoms with Crippen molar-refractivity contribution in [3.8, 4) is 0 Å².